The Morgan fingerprint density at radius 1 is 1.42 bits per heavy atom. The Labute approximate surface area is 112 Å². The third-order valence-corrected chi connectivity index (χ3v) is 3.40. The van der Waals surface area contributed by atoms with Crippen molar-refractivity contribution in [3.05, 3.63) is 12.2 Å². The minimum atomic E-state index is -1.00. The van der Waals surface area contributed by atoms with Gasteiger partial charge in [0, 0.05) is 12.5 Å². The number of methoxy groups -OCH3 is 1. The fraction of sp³-hybridized carbons (Fsp3) is 0.643. The van der Waals surface area contributed by atoms with Crippen molar-refractivity contribution in [1.29, 1.82) is 0 Å². The molecule has 0 aromatic carbocycles. The highest BCUT2D eigenvalue weighted by atomic mass is 16.5. The van der Waals surface area contributed by atoms with Crippen LogP contribution in [0.25, 0.3) is 0 Å². The van der Waals surface area contributed by atoms with E-state index < -0.39 is 17.4 Å². The lowest BCUT2D eigenvalue weighted by atomic mass is 9.80. The van der Waals surface area contributed by atoms with Gasteiger partial charge in [-0.1, -0.05) is 6.08 Å². The van der Waals surface area contributed by atoms with E-state index in [0.717, 1.165) is 6.42 Å². The van der Waals surface area contributed by atoms with E-state index in [1.807, 2.05) is 0 Å². The zero-order valence-corrected chi connectivity index (χ0v) is 11.4. The van der Waals surface area contributed by atoms with Crippen LogP contribution >= 0.6 is 0 Å². The van der Waals surface area contributed by atoms with Crippen molar-refractivity contribution in [2.75, 3.05) is 13.7 Å². The monoisotopic (exact) mass is 268 g/mol. The highest BCUT2D eigenvalue weighted by Crippen LogP contribution is 2.40. The lowest BCUT2D eigenvalue weighted by Gasteiger charge is -2.24. The molecule has 1 unspecified atom stereocenters. The molecule has 1 rings (SSSR count). The largest absolute Gasteiger partial charge is 0.466 e. The topological polar surface area (TPSA) is 69.7 Å². The number of hydrogen-bond donors (Lipinski definition) is 0. The van der Waals surface area contributed by atoms with Crippen LogP contribution in [0.2, 0.25) is 0 Å². The predicted molar refractivity (Wildman–Crippen MR) is 68.3 cm³/mol. The molecule has 5 heteroatoms. The van der Waals surface area contributed by atoms with Crippen molar-refractivity contribution in [2.24, 2.45) is 5.41 Å². The fourth-order valence-electron chi connectivity index (χ4n) is 2.36. The number of ketones is 1. The maximum absolute atomic E-state index is 12.0. The van der Waals surface area contributed by atoms with Crippen LogP contribution in [0.4, 0.5) is 0 Å². The summed E-state index contributed by atoms with van der Waals surface area (Å²) in [6.45, 7) is 1.99. The van der Waals surface area contributed by atoms with Gasteiger partial charge in [0.25, 0.3) is 0 Å². The van der Waals surface area contributed by atoms with E-state index in [0.29, 0.717) is 25.7 Å². The summed E-state index contributed by atoms with van der Waals surface area (Å²) in [5, 5.41) is 0. The summed E-state index contributed by atoms with van der Waals surface area (Å²) in [6.07, 6.45) is 5.48. The summed E-state index contributed by atoms with van der Waals surface area (Å²) in [4.78, 5) is 34.9. The molecule has 1 atom stereocenters. The summed E-state index contributed by atoms with van der Waals surface area (Å²) in [5.74, 6) is -0.913. The lowest BCUT2D eigenvalue weighted by molar-refractivity contribution is -0.159. The number of carbonyl (C=O) groups is 3. The van der Waals surface area contributed by atoms with Crippen molar-refractivity contribution >= 4 is 17.7 Å². The van der Waals surface area contributed by atoms with Crippen molar-refractivity contribution in [3.8, 4) is 0 Å². The predicted octanol–water partition coefficient (Wildman–Crippen LogP) is 1.80. The van der Waals surface area contributed by atoms with E-state index in [9.17, 15) is 14.4 Å². The van der Waals surface area contributed by atoms with Crippen LogP contribution in [0.15, 0.2) is 12.2 Å². The van der Waals surface area contributed by atoms with Crippen LogP contribution in [-0.4, -0.2) is 31.4 Å². The second-order valence-electron chi connectivity index (χ2n) is 4.54. The van der Waals surface area contributed by atoms with Crippen molar-refractivity contribution in [2.45, 2.75) is 39.0 Å². The Balaban J connectivity index is 2.66. The van der Waals surface area contributed by atoms with Crippen LogP contribution in [0.1, 0.15) is 39.0 Å². The van der Waals surface area contributed by atoms with Crippen LogP contribution in [0, 0.1) is 5.41 Å². The normalized spacial score (nSPS) is 22.7. The average molecular weight is 268 g/mol. The van der Waals surface area contributed by atoms with Crippen LogP contribution in [0.3, 0.4) is 0 Å². The average Bonchev–Trinajstić information content (AvgIpc) is 2.77. The molecule has 1 aliphatic carbocycles. The molecular formula is C14H20O5. The van der Waals surface area contributed by atoms with Gasteiger partial charge >= 0.3 is 11.9 Å². The number of esters is 2. The van der Waals surface area contributed by atoms with E-state index in [2.05, 4.69) is 4.74 Å². The first-order valence-electron chi connectivity index (χ1n) is 6.52. The molecule has 5 nitrogen and oxygen atoms in total. The van der Waals surface area contributed by atoms with Gasteiger partial charge in [-0.3, -0.25) is 9.59 Å². The molecule has 1 saturated carbocycles. The molecule has 0 spiro atoms. The molecule has 0 saturated heterocycles. The van der Waals surface area contributed by atoms with Gasteiger partial charge in [0.1, 0.15) is 11.2 Å². The van der Waals surface area contributed by atoms with Gasteiger partial charge in [-0.15, -0.1) is 0 Å². The third kappa shape index (κ3) is 3.66. The van der Waals surface area contributed by atoms with Gasteiger partial charge in [-0.05, 0) is 32.6 Å². The van der Waals surface area contributed by atoms with E-state index in [4.69, 9.17) is 4.74 Å². The van der Waals surface area contributed by atoms with Crippen LogP contribution < -0.4 is 0 Å². The van der Waals surface area contributed by atoms with Gasteiger partial charge in [-0.25, -0.2) is 4.79 Å². The summed E-state index contributed by atoms with van der Waals surface area (Å²) >= 11 is 0. The van der Waals surface area contributed by atoms with E-state index in [1.54, 1.807) is 13.0 Å². The van der Waals surface area contributed by atoms with Crippen LogP contribution in [0.5, 0.6) is 0 Å². The molecule has 0 radical (unpaired) electrons. The van der Waals surface area contributed by atoms with Crippen molar-refractivity contribution < 1.29 is 23.9 Å². The number of rotatable bonds is 6. The Kier molecular flexibility index (Phi) is 5.73. The number of ether oxygens (including phenoxy) is 2. The molecule has 0 amide bonds. The first-order valence-corrected chi connectivity index (χ1v) is 6.52. The molecular weight excluding hydrogens is 248 g/mol. The van der Waals surface area contributed by atoms with Crippen LogP contribution in [-0.2, 0) is 23.9 Å². The second kappa shape index (κ2) is 7.07. The number of carbonyl (C=O) groups excluding carboxylic acids is 3. The zero-order valence-electron chi connectivity index (χ0n) is 11.4. The van der Waals surface area contributed by atoms with Gasteiger partial charge < -0.3 is 9.47 Å². The minimum absolute atomic E-state index is 0.0441. The van der Waals surface area contributed by atoms with Gasteiger partial charge in [-0.2, -0.15) is 0 Å². The van der Waals surface area contributed by atoms with E-state index in [1.165, 1.54) is 13.2 Å². The molecule has 0 aliphatic heterocycles. The number of allylic oxidation sites excluding steroid dienone is 1. The maximum atomic E-state index is 12.0. The SMILES string of the molecule is CCOC(=O)C1(CC/C=C/C(=O)OC)CCCC1=O. The Morgan fingerprint density at radius 3 is 2.68 bits per heavy atom. The third-order valence-electron chi connectivity index (χ3n) is 3.40. The van der Waals surface area contributed by atoms with E-state index >= 15 is 0 Å². The molecule has 1 fully saturated rings. The molecule has 0 bridgehead atoms. The van der Waals surface area contributed by atoms with Crippen molar-refractivity contribution in [1.82, 2.24) is 0 Å². The highest BCUT2D eigenvalue weighted by Gasteiger charge is 2.48. The number of hydrogen-bond acceptors (Lipinski definition) is 5. The smallest absolute Gasteiger partial charge is 0.330 e. The summed E-state index contributed by atoms with van der Waals surface area (Å²) in [7, 11) is 1.30. The molecule has 1 aliphatic rings. The maximum Gasteiger partial charge on any atom is 0.330 e. The van der Waals surface area contributed by atoms with Gasteiger partial charge in [0.05, 0.1) is 13.7 Å². The molecule has 0 aromatic rings. The quantitative estimate of drug-likeness (QED) is 0.417. The Bertz CT molecular complexity index is 385. The summed E-state index contributed by atoms with van der Waals surface area (Å²) in [6, 6.07) is 0. The molecule has 19 heavy (non-hydrogen) atoms. The summed E-state index contributed by atoms with van der Waals surface area (Å²) in [5.41, 5.74) is -1.00. The minimum Gasteiger partial charge on any atom is -0.466 e. The van der Waals surface area contributed by atoms with E-state index in [-0.39, 0.29) is 12.4 Å². The fourth-order valence-corrected chi connectivity index (χ4v) is 2.36. The first-order chi connectivity index (χ1) is 9.06. The lowest BCUT2D eigenvalue weighted by Crippen LogP contribution is -2.36. The Hall–Kier alpha value is -1.65. The second-order valence-corrected chi connectivity index (χ2v) is 4.54. The van der Waals surface area contributed by atoms with Gasteiger partial charge in [0.2, 0.25) is 0 Å². The highest BCUT2D eigenvalue weighted by molar-refractivity contribution is 6.05. The molecule has 106 valence electrons. The number of Topliss-reactive ketones (excluding diaryl/α,β-unsaturated/α-hetero) is 1. The molecule has 0 aromatic heterocycles. The zero-order chi connectivity index (χ0) is 14.3. The van der Waals surface area contributed by atoms with Gasteiger partial charge in [0.15, 0.2) is 0 Å². The van der Waals surface area contributed by atoms with Crippen molar-refractivity contribution in [3.63, 3.8) is 0 Å². The first kappa shape index (κ1) is 15.4. The molecule has 0 heterocycles. The summed E-state index contributed by atoms with van der Waals surface area (Å²) < 4.78 is 9.49. The standard InChI is InChI=1S/C14H20O5/c1-3-19-13(17)14(10-6-7-11(14)15)9-5-4-8-12(16)18-2/h4,8H,3,5-7,9-10H2,1-2H3/b8-4+. The Morgan fingerprint density at radius 2 is 2.16 bits per heavy atom. The molecule has 0 N–H and O–H groups in total.